The van der Waals surface area contributed by atoms with Gasteiger partial charge < -0.3 is 11.1 Å². The van der Waals surface area contributed by atoms with Gasteiger partial charge in [-0.05, 0) is 66.0 Å². The zero-order chi connectivity index (χ0) is 12.7. The molecule has 100 valence electrons. The maximum Gasteiger partial charge on any atom is 0.0145 e. The van der Waals surface area contributed by atoms with Crippen molar-refractivity contribution >= 4 is 0 Å². The van der Waals surface area contributed by atoms with E-state index in [1.165, 1.54) is 32.4 Å². The van der Waals surface area contributed by atoms with Gasteiger partial charge in [0.15, 0.2) is 0 Å². The van der Waals surface area contributed by atoms with E-state index in [0.717, 1.165) is 18.5 Å². The van der Waals surface area contributed by atoms with Crippen LogP contribution in [0, 0.1) is 5.92 Å². The van der Waals surface area contributed by atoms with Crippen LogP contribution in [0.25, 0.3) is 0 Å². The van der Waals surface area contributed by atoms with Gasteiger partial charge in [-0.15, -0.1) is 0 Å². The largest absolute Gasteiger partial charge is 0.330 e. The van der Waals surface area contributed by atoms with Crippen molar-refractivity contribution in [1.29, 1.82) is 0 Å². The lowest BCUT2D eigenvalue weighted by molar-refractivity contribution is 0.0785. The van der Waals surface area contributed by atoms with Crippen LogP contribution in [0.5, 0.6) is 0 Å². The van der Waals surface area contributed by atoms with Gasteiger partial charge in [-0.25, -0.2) is 0 Å². The SMILES string of the molecule is CC1(C)CC(N2CC[C@H](CN)C2)CC(C)(C)N1. The third-order valence-corrected chi connectivity index (χ3v) is 4.34. The van der Waals surface area contributed by atoms with E-state index in [-0.39, 0.29) is 11.1 Å². The zero-order valence-electron chi connectivity index (χ0n) is 11.9. The molecule has 0 spiro atoms. The Morgan fingerprint density at radius 3 is 2.24 bits per heavy atom. The molecule has 0 aliphatic carbocycles. The molecule has 2 heterocycles. The van der Waals surface area contributed by atoms with Crippen molar-refractivity contribution in [2.24, 2.45) is 11.7 Å². The number of nitrogens with one attached hydrogen (secondary N) is 1. The van der Waals surface area contributed by atoms with Gasteiger partial charge in [0.2, 0.25) is 0 Å². The second-order valence-electron chi connectivity index (χ2n) is 7.34. The lowest BCUT2D eigenvalue weighted by atomic mass is 9.79. The molecule has 3 heteroatoms. The van der Waals surface area contributed by atoms with Crippen LogP contribution in [0.1, 0.15) is 47.0 Å². The summed E-state index contributed by atoms with van der Waals surface area (Å²) < 4.78 is 0. The molecule has 0 saturated carbocycles. The molecule has 17 heavy (non-hydrogen) atoms. The number of piperidine rings is 1. The van der Waals surface area contributed by atoms with Gasteiger partial charge in [0, 0.05) is 23.7 Å². The van der Waals surface area contributed by atoms with Crippen molar-refractivity contribution in [1.82, 2.24) is 10.2 Å². The van der Waals surface area contributed by atoms with Gasteiger partial charge in [-0.2, -0.15) is 0 Å². The fourth-order valence-corrected chi connectivity index (χ4v) is 3.91. The summed E-state index contributed by atoms with van der Waals surface area (Å²) in [6.07, 6.45) is 3.81. The van der Waals surface area contributed by atoms with Crippen LogP contribution in [0.15, 0.2) is 0 Å². The highest BCUT2D eigenvalue weighted by molar-refractivity contribution is 5.01. The average Bonchev–Trinajstić information content (AvgIpc) is 2.60. The van der Waals surface area contributed by atoms with Crippen LogP contribution in [-0.4, -0.2) is 41.7 Å². The molecule has 0 amide bonds. The average molecular weight is 239 g/mol. The highest BCUT2D eigenvalue weighted by Crippen LogP contribution is 2.33. The van der Waals surface area contributed by atoms with E-state index >= 15 is 0 Å². The molecule has 0 radical (unpaired) electrons. The molecule has 2 rings (SSSR count). The maximum absolute atomic E-state index is 5.79. The summed E-state index contributed by atoms with van der Waals surface area (Å²) in [5.74, 6) is 0.733. The van der Waals surface area contributed by atoms with Crippen molar-refractivity contribution in [3.8, 4) is 0 Å². The summed E-state index contributed by atoms with van der Waals surface area (Å²) in [5.41, 5.74) is 6.31. The molecule has 3 nitrogen and oxygen atoms in total. The van der Waals surface area contributed by atoms with E-state index in [4.69, 9.17) is 5.73 Å². The minimum absolute atomic E-state index is 0.257. The normalized spacial score (nSPS) is 34.1. The number of hydrogen-bond donors (Lipinski definition) is 2. The topological polar surface area (TPSA) is 41.3 Å². The van der Waals surface area contributed by atoms with Gasteiger partial charge in [-0.3, -0.25) is 4.90 Å². The summed E-state index contributed by atoms with van der Waals surface area (Å²) in [4.78, 5) is 2.68. The van der Waals surface area contributed by atoms with Crippen LogP contribution in [-0.2, 0) is 0 Å². The van der Waals surface area contributed by atoms with Gasteiger partial charge >= 0.3 is 0 Å². The molecule has 3 N–H and O–H groups in total. The van der Waals surface area contributed by atoms with Crippen molar-refractivity contribution < 1.29 is 0 Å². The summed E-state index contributed by atoms with van der Waals surface area (Å²) in [5, 5.41) is 3.76. The molecule has 0 unspecified atom stereocenters. The number of hydrogen-bond acceptors (Lipinski definition) is 3. The maximum atomic E-state index is 5.79. The third kappa shape index (κ3) is 3.21. The first kappa shape index (κ1) is 13.3. The first-order chi connectivity index (χ1) is 7.81. The second kappa shape index (κ2) is 4.52. The number of nitrogens with two attached hydrogens (primary N) is 1. The van der Waals surface area contributed by atoms with E-state index in [1.54, 1.807) is 0 Å². The Morgan fingerprint density at radius 1 is 1.18 bits per heavy atom. The van der Waals surface area contributed by atoms with Crippen LogP contribution >= 0.6 is 0 Å². The number of rotatable bonds is 2. The van der Waals surface area contributed by atoms with Crippen LogP contribution < -0.4 is 11.1 Å². The summed E-state index contributed by atoms with van der Waals surface area (Å²) in [7, 11) is 0. The van der Waals surface area contributed by atoms with Crippen molar-refractivity contribution in [3.63, 3.8) is 0 Å². The van der Waals surface area contributed by atoms with Gasteiger partial charge in [0.05, 0.1) is 0 Å². The summed E-state index contributed by atoms with van der Waals surface area (Å²) in [6, 6.07) is 0.734. The molecular formula is C14H29N3. The standard InChI is InChI=1S/C14H29N3/c1-13(2)7-12(8-14(3,4)16-13)17-6-5-11(9-15)10-17/h11-12,16H,5-10,15H2,1-4H3/t11-/m1/s1. The smallest absolute Gasteiger partial charge is 0.0145 e. The molecule has 2 saturated heterocycles. The van der Waals surface area contributed by atoms with E-state index in [1.807, 2.05) is 0 Å². The molecular weight excluding hydrogens is 210 g/mol. The minimum atomic E-state index is 0.257. The van der Waals surface area contributed by atoms with Gasteiger partial charge in [0.1, 0.15) is 0 Å². The first-order valence-corrected chi connectivity index (χ1v) is 7.05. The Labute approximate surface area is 106 Å². The number of nitrogens with zero attached hydrogens (tertiary/aromatic N) is 1. The summed E-state index contributed by atoms with van der Waals surface area (Å²) in [6.45, 7) is 12.6. The lowest BCUT2D eigenvalue weighted by Gasteiger charge is -2.49. The first-order valence-electron chi connectivity index (χ1n) is 7.05. The molecule has 0 bridgehead atoms. The quantitative estimate of drug-likeness (QED) is 0.769. The predicted octanol–water partition coefficient (Wildman–Crippen LogP) is 1.58. The van der Waals surface area contributed by atoms with Crippen molar-refractivity contribution in [3.05, 3.63) is 0 Å². The van der Waals surface area contributed by atoms with Crippen LogP contribution in [0.3, 0.4) is 0 Å². The van der Waals surface area contributed by atoms with Gasteiger partial charge in [-0.1, -0.05) is 0 Å². The molecule has 0 aromatic carbocycles. The van der Waals surface area contributed by atoms with Crippen molar-refractivity contribution in [2.45, 2.75) is 64.1 Å². The highest BCUT2D eigenvalue weighted by atomic mass is 15.2. The van der Waals surface area contributed by atoms with E-state index in [9.17, 15) is 0 Å². The van der Waals surface area contributed by atoms with Crippen LogP contribution in [0.4, 0.5) is 0 Å². The molecule has 1 atom stereocenters. The molecule has 2 aliphatic rings. The minimum Gasteiger partial charge on any atom is -0.330 e. The Balaban J connectivity index is 2.01. The van der Waals surface area contributed by atoms with E-state index in [2.05, 4.69) is 37.9 Å². The zero-order valence-corrected chi connectivity index (χ0v) is 11.9. The molecule has 0 aromatic rings. The fraction of sp³-hybridized carbons (Fsp3) is 1.00. The second-order valence-corrected chi connectivity index (χ2v) is 7.34. The van der Waals surface area contributed by atoms with E-state index < -0.39 is 0 Å². The molecule has 2 aliphatic heterocycles. The molecule has 0 aromatic heterocycles. The highest BCUT2D eigenvalue weighted by Gasteiger charge is 2.41. The Hall–Kier alpha value is -0.120. The number of likely N-dealkylation sites (tertiary alicyclic amines) is 1. The predicted molar refractivity (Wildman–Crippen MR) is 73.1 cm³/mol. The lowest BCUT2D eigenvalue weighted by Crippen LogP contribution is -2.62. The third-order valence-electron chi connectivity index (χ3n) is 4.34. The van der Waals surface area contributed by atoms with Gasteiger partial charge in [0.25, 0.3) is 0 Å². The monoisotopic (exact) mass is 239 g/mol. The fourth-order valence-electron chi connectivity index (χ4n) is 3.91. The van der Waals surface area contributed by atoms with Crippen LogP contribution in [0.2, 0.25) is 0 Å². The summed E-state index contributed by atoms with van der Waals surface area (Å²) >= 11 is 0. The Bertz CT molecular complexity index is 257. The Morgan fingerprint density at radius 2 is 1.76 bits per heavy atom. The Kier molecular flexibility index (Phi) is 3.54. The van der Waals surface area contributed by atoms with E-state index in [0.29, 0.717) is 0 Å². The van der Waals surface area contributed by atoms with Crippen molar-refractivity contribution in [2.75, 3.05) is 19.6 Å². The molecule has 2 fully saturated rings.